The molecule has 0 aliphatic rings. The maximum atomic E-state index is 5.23. The maximum Gasteiger partial charge on any atom is 0.0419 e. The van der Waals surface area contributed by atoms with Crippen molar-refractivity contribution in [1.82, 2.24) is 10.3 Å². The summed E-state index contributed by atoms with van der Waals surface area (Å²) >= 11 is 0. The molecule has 0 aromatic carbocycles. The van der Waals surface area contributed by atoms with Gasteiger partial charge in [0.15, 0.2) is 0 Å². The number of nitrogens with one attached hydrogen (secondary N) is 1. The zero-order valence-electron chi connectivity index (χ0n) is 9.24. The number of unbranched alkanes of at least 4 members (excludes halogenated alkanes) is 1. The van der Waals surface area contributed by atoms with Gasteiger partial charge in [0, 0.05) is 30.8 Å². The molecular weight excluding hydrogens is 184 g/mol. The lowest BCUT2D eigenvalue weighted by Gasteiger charge is -2.14. The molecule has 1 rings (SSSR count). The van der Waals surface area contributed by atoms with Crippen LogP contribution in [0.2, 0.25) is 0 Å². The number of hydrogen-bond acceptors (Lipinski definition) is 2. The maximum absolute atomic E-state index is 5.23. The standard InChI is InChI=1S/C13H18N2/c1-3-4-5-8-12(14-2)11-13-9-6-7-10-15-13/h1,6-7,9-10,12,14H,4-5,8,11H2,2H3. The number of nitrogens with zero attached hydrogens (tertiary/aromatic N) is 1. The van der Waals surface area contributed by atoms with Gasteiger partial charge in [0.2, 0.25) is 0 Å². The van der Waals surface area contributed by atoms with Gasteiger partial charge in [0.25, 0.3) is 0 Å². The Labute approximate surface area is 92.1 Å². The Morgan fingerprint density at radius 2 is 2.40 bits per heavy atom. The van der Waals surface area contributed by atoms with Crippen LogP contribution >= 0.6 is 0 Å². The molecule has 1 heterocycles. The summed E-state index contributed by atoms with van der Waals surface area (Å²) in [5.41, 5.74) is 1.14. The molecule has 1 N–H and O–H groups in total. The Morgan fingerprint density at radius 3 is 3.00 bits per heavy atom. The van der Waals surface area contributed by atoms with Crippen molar-refractivity contribution in [2.75, 3.05) is 7.05 Å². The van der Waals surface area contributed by atoms with Crippen LogP contribution in [-0.2, 0) is 6.42 Å². The average molecular weight is 202 g/mol. The van der Waals surface area contributed by atoms with Gasteiger partial charge in [-0.2, -0.15) is 0 Å². The molecule has 80 valence electrons. The van der Waals surface area contributed by atoms with Crippen molar-refractivity contribution in [3.63, 3.8) is 0 Å². The van der Waals surface area contributed by atoms with Gasteiger partial charge >= 0.3 is 0 Å². The Kier molecular flexibility index (Phi) is 5.50. The van der Waals surface area contributed by atoms with Crippen LogP contribution in [0.15, 0.2) is 24.4 Å². The lowest BCUT2D eigenvalue weighted by molar-refractivity contribution is 0.501. The molecule has 0 aliphatic carbocycles. The molecular formula is C13H18N2. The van der Waals surface area contributed by atoms with E-state index >= 15 is 0 Å². The summed E-state index contributed by atoms with van der Waals surface area (Å²) in [5.74, 6) is 2.67. The first kappa shape index (κ1) is 11.7. The van der Waals surface area contributed by atoms with Crippen LogP contribution in [0.5, 0.6) is 0 Å². The minimum Gasteiger partial charge on any atom is -0.317 e. The fourth-order valence-corrected chi connectivity index (χ4v) is 1.57. The second-order valence-electron chi connectivity index (χ2n) is 3.61. The predicted molar refractivity (Wildman–Crippen MR) is 63.5 cm³/mol. The molecule has 0 aliphatic heterocycles. The van der Waals surface area contributed by atoms with Crippen LogP contribution in [0.1, 0.15) is 25.0 Å². The smallest absolute Gasteiger partial charge is 0.0419 e. The van der Waals surface area contributed by atoms with Crippen LogP contribution in [0.25, 0.3) is 0 Å². The second kappa shape index (κ2) is 7.03. The monoisotopic (exact) mass is 202 g/mol. The lowest BCUT2D eigenvalue weighted by atomic mass is 10.0. The first-order valence-corrected chi connectivity index (χ1v) is 5.37. The van der Waals surface area contributed by atoms with E-state index in [2.05, 4.69) is 22.3 Å². The summed E-state index contributed by atoms with van der Waals surface area (Å²) < 4.78 is 0. The first-order chi connectivity index (χ1) is 7.36. The summed E-state index contributed by atoms with van der Waals surface area (Å²) in [5, 5.41) is 3.30. The van der Waals surface area contributed by atoms with Gasteiger partial charge in [-0.3, -0.25) is 4.98 Å². The molecule has 0 saturated carbocycles. The van der Waals surface area contributed by atoms with Gasteiger partial charge in [0.1, 0.15) is 0 Å². The van der Waals surface area contributed by atoms with E-state index < -0.39 is 0 Å². The number of aromatic nitrogens is 1. The Hall–Kier alpha value is -1.33. The molecule has 0 amide bonds. The Balaban J connectivity index is 2.37. The van der Waals surface area contributed by atoms with Crippen LogP contribution in [-0.4, -0.2) is 18.1 Å². The minimum atomic E-state index is 0.480. The molecule has 1 unspecified atom stereocenters. The third kappa shape index (κ3) is 4.62. The third-order valence-electron chi connectivity index (χ3n) is 2.46. The summed E-state index contributed by atoms with van der Waals surface area (Å²) in [7, 11) is 1.99. The highest BCUT2D eigenvalue weighted by Gasteiger charge is 2.06. The van der Waals surface area contributed by atoms with E-state index in [0.29, 0.717) is 6.04 Å². The molecule has 2 nitrogen and oxygen atoms in total. The van der Waals surface area contributed by atoms with Crippen molar-refractivity contribution in [1.29, 1.82) is 0 Å². The van der Waals surface area contributed by atoms with Gasteiger partial charge in [0.05, 0.1) is 0 Å². The normalized spacial score (nSPS) is 12.0. The molecule has 1 aromatic rings. The van der Waals surface area contributed by atoms with Gasteiger partial charge in [-0.1, -0.05) is 6.07 Å². The topological polar surface area (TPSA) is 24.9 Å². The molecule has 1 atom stereocenters. The van der Waals surface area contributed by atoms with Crippen LogP contribution in [0.3, 0.4) is 0 Å². The largest absolute Gasteiger partial charge is 0.317 e. The van der Waals surface area contributed by atoms with Gasteiger partial charge in [-0.05, 0) is 32.0 Å². The summed E-state index contributed by atoms with van der Waals surface area (Å²) in [6.07, 6.45) is 11.1. The Morgan fingerprint density at radius 1 is 1.53 bits per heavy atom. The van der Waals surface area contributed by atoms with Crippen LogP contribution < -0.4 is 5.32 Å². The molecule has 2 heteroatoms. The van der Waals surface area contributed by atoms with E-state index in [4.69, 9.17) is 6.42 Å². The van der Waals surface area contributed by atoms with E-state index in [0.717, 1.165) is 31.4 Å². The van der Waals surface area contributed by atoms with Crippen LogP contribution in [0, 0.1) is 12.3 Å². The fourth-order valence-electron chi connectivity index (χ4n) is 1.57. The molecule has 0 radical (unpaired) electrons. The zero-order valence-corrected chi connectivity index (χ0v) is 9.24. The molecule has 0 saturated heterocycles. The third-order valence-corrected chi connectivity index (χ3v) is 2.46. The molecule has 0 spiro atoms. The average Bonchev–Trinajstić information content (AvgIpc) is 2.29. The van der Waals surface area contributed by atoms with Crippen molar-refractivity contribution in [3.05, 3.63) is 30.1 Å². The highest BCUT2D eigenvalue weighted by atomic mass is 14.9. The van der Waals surface area contributed by atoms with E-state index in [1.54, 1.807) is 0 Å². The SMILES string of the molecule is C#CCCCC(Cc1ccccn1)NC. The summed E-state index contributed by atoms with van der Waals surface area (Å²) in [4.78, 5) is 4.31. The van der Waals surface area contributed by atoms with E-state index in [1.165, 1.54) is 0 Å². The highest BCUT2D eigenvalue weighted by Crippen LogP contribution is 2.06. The van der Waals surface area contributed by atoms with Crippen molar-refractivity contribution >= 4 is 0 Å². The fraction of sp³-hybridized carbons (Fsp3) is 0.462. The van der Waals surface area contributed by atoms with E-state index in [1.807, 2.05) is 25.4 Å². The lowest BCUT2D eigenvalue weighted by Crippen LogP contribution is -2.27. The van der Waals surface area contributed by atoms with Crippen LogP contribution in [0.4, 0.5) is 0 Å². The van der Waals surface area contributed by atoms with Gasteiger partial charge in [-0.15, -0.1) is 12.3 Å². The number of rotatable bonds is 6. The van der Waals surface area contributed by atoms with Crippen molar-refractivity contribution in [2.45, 2.75) is 31.7 Å². The van der Waals surface area contributed by atoms with Crippen molar-refractivity contribution in [3.8, 4) is 12.3 Å². The number of likely N-dealkylation sites (N-methyl/N-ethyl adjacent to an activating group) is 1. The van der Waals surface area contributed by atoms with Crippen molar-refractivity contribution in [2.24, 2.45) is 0 Å². The molecule has 15 heavy (non-hydrogen) atoms. The second-order valence-corrected chi connectivity index (χ2v) is 3.61. The number of terminal acetylenes is 1. The first-order valence-electron chi connectivity index (χ1n) is 5.37. The van der Waals surface area contributed by atoms with E-state index in [-0.39, 0.29) is 0 Å². The summed E-state index contributed by atoms with van der Waals surface area (Å²) in [6.45, 7) is 0. The number of hydrogen-bond donors (Lipinski definition) is 1. The minimum absolute atomic E-state index is 0.480. The van der Waals surface area contributed by atoms with Gasteiger partial charge < -0.3 is 5.32 Å². The Bertz CT molecular complexity index is 300. The molecule has 1 aromatic heterocycles. The van der Waals surface area contributed by atoms with Crippen molar-refractivity contribution < 1.29 is 0 Å². The van der Waals surface area contributed by atoms with Gasteiger partial charge in [-0.25, -0.2) is 0 Å². The van der Waals surface area contributed by atoms with E-state index in [9.17, 15) is 0 Å². The highest BCUT2D eigenvalue weighted by molar-refractivity contribution is 5.05. The zero-order chi connectivity index (χ0) is 10.9. The predicted octanol–water partition coefficient (Wildman–Crippen LogP) is 2.02. The quantitative estimate of drug-likeness (QED) is 0.564. The molecule has 0 fully saturated rings. The number of pyridine rings is 1. The molecule has 0 bridgehead atoms. The summed E-state index contributed by atoms with van der Waals surface area (Å²) in [6, 6.07) is 6.51.